The van der Waals surface area contributed by atoms with Gasteiger partial charge in [0.05, 0.1) is 12.7 Å². The average Bonchev–Trinajstić information content (AvgIpc) is 2.95. The number of urea groups is 1. The van der Waals surface area contributed by atoms with Crippen LogP contribution in [0, 0.1) is 5.92 Å². The first-order valence-corrected chi connectivity index (χ1v) is 7.51. The van der Waals surface area contributed by atoms with Crippen molar-refractivity contribution in [2.75, 3.05) is 33.4 Å². The van der Waals surface area contributed by atoms with Crippen LogP contribution in [0.15, 0.2) is 0 Å². The van der Waals surface area contributed by atoms with E-state index in [9.17, 15) is 9.59 Å². The number of nitrogens with one attached hydrogen (secondary N) is 1. The SMILES string of the molecule is CN(CC1CCCOC1)C(=O)NCC1CCC(C(=O)O)O1. The van der Waals surface area contributed by atoms with Gasteiger partial charge in [0.15, 0.2) is 6.10 Å². The Morgan fingerprint density at radius 1 is 1.33 bits per heavy atom. The van der Waals surface area contributed by atoms with Crippen molar-refractivity contribution in [1.82, 2.24) is 10.2 Å². The van der Waals surface area contributed by atoms with Crippen LogP contribution in [0.4, 0.5) is 4.79 Å². The number of ether oxygens (including phenoxy) is 2. The molecule has 0 aromatic rings. The number of nitrogens with zero attached hydrogens (tertiary/aromatic N) is 1. The van der Waals surface area contributed by atoms with E-state index in [1.165, 1.54) is 0 Å². The number of hydrogen-bond acceptors (Lipinski definition) is 4. The Kier molecular flexibility index (Phi) is 5.81. The largest absolute Gasteiger partial charge is 0.479 e. The van der Waals surface area contributed by atoms with E-state index in [2.05, 4.69) is 5.32 Å². The smallest absolute Gasteiger partial charge is 0.332 e. The molecule has 2 N–H and O–H groups in total. The molecular formula is C14H24N2O5. The quantitative estimate of drug-likeness (QED) is 0.780. The zero-order chi connectivity index (χ0) is 15.2. The first-order chi connectivity index (χ1) is 10.1. The van der Waals surface area contributed by atoms with Gasteiger partial charge in [-0.2, -0.15) is 0 Å². The summed E-state index contributed by atoms with van der Waals surface area (Å²) in [6.07, 6.45) is 2.37. The minimum atomic E-state index is -0.932. The molecule has 120 valence electrons. The first-order valence-electron chi connectivity index (χ1n) is 7.51. The molecule has 0 spiro atoms. The van der Waals surface area contributed by atoms with Crippen LogP contribution < -0.4 is 5.32 Å². The lowest BCUT2D eigenvalue weighted by molar-refractivity contribution is -0.149. The zero-order valence-corrected chi connectivity index (χ0v) is 12.4. The van der Waals surface area contributed by atoms with E-state index in [4.69, 9.17) is 14.6 Å². The van der Waals surface area contributed by atoms with Crippen molar-refractivity contribution in [3.8, 4) is 0 Å². The lowest BCUT2D eigenvalue weighted by Crippen LogP contribution is -2.43. The molecule has 2 saturated heterocycles. The molecule has 2 amide bonds. The van der Waals surface area contributed by atoms with Gasteiger partial charge in [-0.15, -0.1) is 0 Å². The average molecular weight is 300 g/mol. The molecular weight excluding hydrogens is 276 g/mol. The van der Waals surface area contributed by atoms with Gasteiger partial charge in [0.25, 0.3) is 0 Å². The van der Waals surface area contributed by atoms with Gasteiger partial charge in [-0.1, -0.05) is 0 Å². The molecule has 7 heteroatoms. The number of carboxylic acids is 1. The molecule has 0 aromatic heterocycles. The second-order valence-corrected chi connectivity index (χ2v) is 5.81. The van der Waals surface area contributed by atoms with E-state index in [1.54, 1.807) is 11.9 Å². The van der Waals surface area contributed by atoms with Crippen molar-refractivity contribution in [3.63, 3.8) is 0 Å². The molecule has 0 aromatic carbocycles. The second-order valence-electron chi connectivity index (χ2n) is 5.81. The van der Waals surface area contributed by atoms with Crippen molar-refractivity contribution in [2.45, 2.75) is 37.9 Å². The summed E-state index contributed by atoms with van der Waals surface area (Å²) in [5.74, 6) is -0.535. The maximum Gasteiger partial charge on any atom is 0.332 e. The highest BCUT2D eigenvalue weighted by Gasteiger charge is 2.30. The lowest BCUT2D eigenvalue weighted by atomic mass is 10.0. The highest BCUT2D eigenvalue weighted by Crippen LogP contribution is 2.19. The molecule has 3 unspecified atom stereocenters. The normalized spacial score (nSPS) is 29.1. The fraction of sp³-hybridized carbons (Fsp3) is 0.857. The van der Waals surface area contributed by atoms with E-state index < -0.39 is 12.1 Å². The van der Waals surface area contributed by atoms with Crippen LogP contribution in [0.2, 0.25) is 0 Å². The van der Waals surface area contributed by atoms with Crippen LogP contribution >= 0.6 is 0 Å². The minimum absolute atomic E-state index is 0.150. The summed E-state index contributed by atoms with van der Waals surface area (Å²) >= 11 is 0. The topological polar surface area (TPSA) is 88.1 Å². The van der Waals surface area contributed by atoms with E-state index >= 15 is 0 Å². The monoisotopic (exact) mass is 300 g/mol. The van der Waals surface area contributed by atoms with Crippen molar-refractivity contribution in [1.29, 1.82) is 0 Å². The van der Waals surface area contributed by atoms with E-state index in [0.29, 0.717) is 38.5 Å². The maximum absolute atomic E-state index is 12.0. The molecule has 2 fully saturated rings. The Morgan fingerprint density at radius 3 is 2.76 bits per heavy atom. The predicted octanol–water partition coefficient (Wildman–Crippen LogP) is 0.687. The Balaban J connectivity index is 1.65. The number of aliphatic carboxylic acids is 1. The van der Waals surface area contributed by atoms with E-state index in [0.717, 1.165) is 19.4 Å². The molecule has 0 aliphatic carbocycles. The van der Waals surface area contributed by atoms with Crippen LogP contribution in [-0.2, 0) is 14.3 Å². The summed E-state index contributed by atoms with van der Waals surface area (Å²) in [5, 5.41) is 11.6. The van der Waals surface area contributed by atoms with Crippen LogP contribution in [-0.4, -0.2) is 67.6 Å². The van der Waals surface area contributed by atoms with Crippen molar-refractivity contribution in [2.24, 2.45) is 5.92 Å². The fourth-order valence-corrected chi connectivity index (χ4v) is 2.80. The van der Waals surface area contributed by atoms with Gasteiger partial charge in [0.2, 0.25) is 0 Å². The Bertz CT molecular complexity index is 370. The Morgan fingerprint density at radius 2 is 2.14 bits per heavy atom. The fourth-order valence-electron chi connectivity index (χ4n) is 2.80. The van der Waals surface area contributed by atoms with Crippen LogP contribution in [0.1, 0.15) is 25.7 Å². The molecule has 0 bridgehead atoms. The molecule has 0 radical (unpaired) electrons. The number of hydrogen-bond donors (Lipinski definition) is 2. The molecule has 2 aliphatic heterocycles. The summed E-state index contributed by atoms with van der Waals surface area (Å²) < 4.78 is 10.8. The van der Waals surface area contributed by atoms with Crippen LogP contribution in [0.3, 0.4) is 0 Å². The van der Waals surface area contributed by atoms with Gasteiger partial charge in [-0.05, 0) is 25.7 Å². The van der Waals surface area contributed by atoms with Gasteiger partial charge in [-0.25, -0.2) is 9.59 Å². The van der Waals surface area contributed by atoms with Crippen molar-refractivity contribution < 1.29 is 24.2 Å². The minimum Gasteiger partial charge on any atom is -0.479 e. The zero-order valence-electron chi connectivity index (χ0n) is 12.4. The molecule has 7 nitrogen and oxygen atoms in total. The second kappa shape index (κ2) is 7.61. The molecule has 0 saturated carbocycles. The predicted molar refractivity (Wildman–Crippen MR) is 75.1 cm³/mol. The van der Waals surface area contributed by atoms with Gasteiger partial charge in [0.1, 0.15) is 0 Å². The third kappa shape index (κ3) is 4.86. The summed E-state index contributed by atoms with van der Waals surface area (Å²) in [5.41, 5.74) is 0. The standard InChI is InChI=1S/C14H24N2O5/c1-16(8-10-3-2-6-20-9-10)14(19)15-7-11-4-5-12(21-11)13(17)18/h10-12H,2-9H2,1H3,(H,15,19)(H,17,18). The third-order valence-electron chi connectivity index (χ3n) is 4.00. The summed E-state index contributed by atoms with van der Waals surface area (Å²) in [6.45, 7) is 2.56. The molecule has 2 aliphatic rings. The molecule has 2 heterocycles. The van der Waals surface area contributed by atoms with Crippen LogP contribution in [0.5, 0.6) is 0 Å². The van der Waals surface area contributed by atoms with Crippen molar-refractivity contribution >= 4 is 12.0 Å². The highest BCUT2D eigenvalue weighted by molar-refractivity contribution is 5.74. The number of rotatable bonds is 5. The summed E-state index contributed by atoms with van der Waals surface area (Å²) in [7, 11) is 1.76. The third-order valence-corrected chi connectivity index (χ3v) is 4.00. The number of carboxylic acid groups (broad SMARTS) is 1. The van der Waals surface area contributed by atoms with Crippen LogP contribution in [0.25, 0.3) is 0 Å². The van der Waals surface area contributed by atoms with Gasteiger partial charge >= 0.3 is 12.0 Å². The number of amides is 2. The van der Waals surface area contributed by atoms with Gasteiger partial charge < -0.3 is 24.8 Å². The van der Waals surface area contributed by atoms with Crippen molar-refractivity contribution in [3.05, 3.63) is 0 Å². The highest BCUT2D eigenvalue weighted by atomic mass is 16.5. The Hall–Kier alpha value is -1.34. The van der Waals surface area contributed by atoms with Gasteiger partial charge in [-0.3, -0.25) is 0 Å². The number of carbonyl (C=O) groups is 2. The molecule has 21 heavy (non-hydrogen) atoms. The van der Waals surface area contributed by atoms with Gasteiger partial charge in [0, 0.05) is 32.7 Å². The Labute approximate surface area is 124 Å². The molecule has 2 rings (SSSR count). The maximum atomic E-state index is 12.0. The first kappa shape index (κ1) is 16.0. The van der Waals surface area contributed by atoms with E-state index in [-0.39, 0.29) is 12.1 Å². The molecule has 3 atom stereocenters. The van der Waals surface area contributed by atoms with E-state index in [1.807, 2.05) is 0 Å². The lowest BCUT2D eigenvalue weighted by Gasteiger charge is -2.27. The summed E-state index contributed by atoms with van der Waals surface area (Å²) in [6, 6.07) is -0.150. The number of carbonyl (C=O) groups excluding carboxylic acids is 1. The summed E-state index contributed by atoms with van der Waals surface area (Å²) in [4.78, 5) is 24.4.